The maximum Gasteiger partial charge on any atom is 0.228 e. The van der Waals surface area contributed by atoms with E-state index in [1.807, 2.05) is 23.1 Å². The molecular formula is C19H26N2O2. The Hall–Kier alpha value is -1.84. The summed E-state index contributed by atoms with van der Waals surface area (Å²) in [6, 6.07) is 8.12. The molecule has 0 bridgehead atoms. The van der Waals surface area contributed by atoms with Crippen LogP contribution in [0.4, 0.5) is 5.69 Å². The molecule has 0 saturated heterocycles. The molecule has 0 spiro atoms. The normalized spacial score (nSPS) is 18.3. The number of nitrogens with zero attached hydrogens (tertiary/aromatic N) is 1. The molecule has 1 fully saturated rings. The summed E-state index contributed by atoms with van der Waals surface area (Å²) in [6.07, 6.45) is 7.99. The van der Waals surface area contributed by atoms with E-state index in [0.717, 1.165) is 50.8 Å². The van der Waals surface area contributed by atoms with Crippen LogP contribution in [-0.2, 0) is 16.0 Å². The highest BCUT2D eigenvalue weighted by Crippen LogP contribution is 2.27. The average Bonchev–Trinajstić information content (AvgIpc) is 2.61. The van der Waals surface area contributed by atoms with Crippen molar-refractivity contribution < 1.29 is 9.59 Å². The van der Waals surface area contributed by atoms with Gasteiger partial charge in [0.05, 0.1) is 0 Å². The van der Waals surface area contributed by atoms with Crippen molar-refractivity contribution in [1.82, 2.24) is 5.32 Å². The van der Waals surface area contributed by atoms with Crippen LogP contribution in [0.5, 0.6) is 0 Å². The fourth-order valence-electron chi connectivity index (χ4n) is 3.73. The molecule has 23 heavy (non-hydrogen) atoms. The molecule has 4 heteroatoms. The lowest BCUT2D eigenvalue weighted by molar-refractivity contribution is -0.126. The van der Waals surface area contributed by atoms with E-state index in [-0.39, 0.29) is 17.7 Å². The number of carbonyl (C=O) groups excluding carboxylic acids is 2. The predicted molar refractivity (Wildman–Crippen MR) is 91.3 cm³/mol. The Morgan fingerprint density at radius 1 is 1.09 bits per heavy atom. The third-order valence-electron chi connectivity index (χ3n) is 5.03. The molecule has 1 aromatic rings. The molecule has 0 unspecified atom stereocenters. The van der Waals surface area contributed by atoms with Gasteiger partial charge in [0.2, 0.25) is 11.8 Å². The molecule has 3 rings (SSSR count). The van der Waals surface area contributed by atoms with E-state index in [1.54, 1.807) is 0 Å². The first kappa shape index (κ1) is 16.0. The van der Waals surface area contributed by atoms with Gasteiger partial charge in [0, 0.05) is 31.1 Å². The Labute approximate surface area is 138 Å². The van der Waals surface area contributed by atoms with Gasteiger partial charge in [0.15, 0.2) is 0 Å². The Balaban J connectivity index is 1.49. The summed E-state index contributed by atoms with van der Waals surface area (Å²) in [5.74, 6) is 0.409. The molecule has 1 saturated carbocycles. The van der Waals surface area contributed by atoms with Crippen LogP contribution in [0.15, 0.2) is 24.3 Å². The van der Waals surface area contributed by atoms with E-state index in [2.05, 4.69) is 11.4 Å². The molecule has 2 amide bonds. The van der Waals surface area contributed by atoms with Crippen LogP contribution in [-0.4, -0.2) is 24.9 Å². The van der Waals surface area contributed by atoms with Crippen molar-refractivity contribution in [3.05, 3.63) is 29.8 Å². The lowest BCUT2D eigenvalue weighted by atomic mass is 9.89. The maximum absolute atomic E-state index is 12.5. The van der Waals surface area contributed by atoms with Gasteiger partial charge in [-0.05, 0) is 37.3 Å². The first-order chi connectivity index (χ1) is 11.3. The van der Waals surface area contributed by atoms with Crippen LogP contribution in [0.25, 0.3) is 0 Å². The standard InChI is InChI=1S/C19H26N2O2/c22-18(12-13-20-19(23)16-8-2-1-3-9-16)21-14-6-10-15-7-4-5-11-17(15)21/h4-5,7,11,16H,1-3,6,8-10,12-14H2,(H,20,23). The molecule has 0 aromatic heterocycles. The molecule has 2 aliphatic rings. The van der Waals surface area contributed by atoms with E-state index in [0.29, 0.717) is 13.0 Å². The summed E-state index contributed by atoms with van der Waals surface area (Å²) in [5, 5.41) is 2.96. The third-order valence-corrected chi connectivity index (χ3v) is 5.03. The number of aryl methyl sites for hydroxylation is 1. The van der Waals surface area contributed by atoms with Gasteiger partial charge in [-0.2, -0.15) is 0 Å². The van der Waals surface area contributed by atoms with E-state index in [1.165, 1.54) is 12.0 Å². The highest BCUT2D eigenvalue weighted by molar-refractivity contribution is 5.95. The minimum Gasteiger partial charge on any atom is -0.355 e. The highest BCUT2D eigenvalue weighted by atomic mass is 16.2. The number of nitrogens with one attached hydrogen (secondary N) is 1. The van der Waals surface area contributed by atoms with Crippen LogP contribution in [0, 0.1) is 5.92 Å². The highest BCUT2D eigenvalue weighted by Gasteiger charge is 2.23. The minimum atomic E-state index is 0.112. The summed E-state index contributed by atoms with van der Waals surface area (Å²) in [4.78, 5) is 26.5. The van der Waals surface area contributed by atoms with Gasteiger partial charge in [-0.3, -0.25) is 9.59 Å². The van der Waals surface area contributed by atoms with Crippen molar-refractivity contribution in [2.75, 3.05) is 18.0 Å². The molecular weight excluding hydrogens is 288 g/mol. The first-order valence-corrected chi connectivity index (χ1v) is 8.91. The zero-order valence-electron chi connectivity index (χ0n) is 13.7. The SMILES string of the molecule is O=C(NCCC(=O)N1CCCc2ccccc21)C1CCCCC1. The molecule has 1 heterocycles. The lowest BCUT2D eigenvalue weighted by Gasteiger charge is -2.29. The van der Waals surface area contributed by atoms with Crippen molar-refractivity contribution in [3.63, 3.8) is 0 Å². The minimum absolute atomic E-state index is 0.112. The predicted octanol–water partition coefficient (Wildman–Crippen LogP) is 3.05. The summed E-state index contributed by atoms with van der Waals surface area (Å²) >= 11 is 0. The number of hydrogen-bond donors (Lipinski definition) is 1. The van der Waals surface area contributed by atoms with E-state index >= 15 is 0 Å². The molecule has 1 aliphatic heterocycles. The van der Waals surface area contributed by atoms with Crippen LogP contribution in [0.2, 0.25) is 0 Å². The number of benzene rings is 1. The fraction of sp³-hybridized carbons (Fsp3) is 0.579. The molecule has 0 atom stereocenters. The van der Waals surface area contributed by atoms with Crippen molar-refractivity contribution >= 4 is 17.5 Å². The Kier molecular flexibility index (Phi) is 5.31. The number of anilines is 1. The summed E-state index contributed by atoms with van der Waals surface area (Å²) in [5.41, 5.74) is 2.29. The van der Waals surface area contributed by atoms with Crippen molar-refractivity contribution in [1.29, 1.82) is 0 Å². The van der Waals surface area contributed by atoms with Gasteiger partial charge < -0.3 is 10.2 Å². The van der Waals surface area contributed by atoms with E-state index in [4.69, 9.17) is 0 Å². The van der Waals surface area contributed by atoms with E-state index in [9.17, 15) is 9.59 Å². The van der Waals surface area contributed by atoms with Crippen molar-refractivity contribution in [3.8, 4) is 0 Å². The third kappa shape index (κ3) is 3.92. The second-order valence-electron chi connectivity index (χ2n) is 6.65. The molecule has 1 aliphatic carbocycles. The number of carbonyl (C=O) groups is 2. The molecule has 4 nitrogen and oxygen atoms in total. The van der Waals surface area contributed by atoms with Gasteiger partial charge in [-0.1, -0.05) is 37.5 Å². The van der Waals surface area contributed by atoms with E-state index < -0.39 is 0 Å². The van der Waals surface area contributed by atoms with Gasteiger partial charge in [-0.25, -0.2) is 0 Å². The summed E-state index contributed by atoms with van der Waals surface area (Å²) < 4.78 is 0. The van der Waals surface area contributed by atoms with Crippen LogP contribution >= 0.6 is 0 Å². The Bertz CT molecular complexity index is 564. The second-order valence-corrected chi connectivity index (χ2v) is 6.65. The summed E-state index contributed by atoms with van der Waals surface area (Å²) in [7, 11) is 0. The maximum atomic E-state index is 12.5. The average molecular weight is 314 g/mol. The zero-order valence-corrected chi connectivity index (χ0v) is 13.7. The van der Waals surface area contributed by atoms with Gasteiger partial charge in [0.1, 0.15) is 0 Å². The zero-order chi connectivity index (χ0) is 16.1. The fourth-order valence-corrected chi connectivity index (χ4v) is 3.73. The van der Waals surface area contributed by atoms with Gasteiger partial charge in [0.25, 0.3) is 0 Å². The number of rotatable bonds is 4. The monoisotopic (exact) mass is 314 g/mol. The van der Waals surface area contributed by atoms with Crippen LogP contribution in [0.1, 0.15) is 50.5 Å². The van der Waals surface area contributed by atoms with Gasteiger partial charge >= 0.3 is 0 Å². The van der Waals surface area contributed by atoms with Crippen LogP contribution < -0.4 is 10.2 Å². The quantitative estimate of drug-likeness (QED) is 0.928. The van der Waals surface area contributed by atoms with Crippen molar-refractivity contribution in [2.45, 2.75) is 51.4 Å². The Morgan fingerprint density at radius 2 is 1.87 bits per heavy atom. The Morgan fingerprint density at radius 3 is 2.70 bits per heavy atom. The molecule has 1 aromatic carbocycles. The molecule has 124 valence electrons. The first-order valence-electron chi connectivity index (χ1n) is 8.91. The second kappa shape index (κ2) is 7.62. The molecule has 1 N–H and O–H groups in total. The topological polar surface area (TPSA) is 49.4 Å². The largest absolute Gasteiger partial charge is 0.355 e. The van der Waals surface area contributed by atoms with Crippen molar-refractivity contribution in [2.24, 2.45) is 5.92 Å². The lowest BCUT2D eigenvalue weighted by Crippen LogP contribution is -2.39. The van der Waals surface area contributed by atoms with Crippen LogP contribution in [0.3, 0.4) is 0 Å². The number of hydrogen-bond acceptors (Lipinski definition) is 2. The number of amides is 2. The molecule has 0 radical (unpaired) electrons. The smallest absolute Gasteiger partial charge is 0.228 e. The number of para-hydroxylation sites is 1. The number of fused-ring (bicyclic) bond motifs is 1. The summed E-state index contributed by atoms with van der Waals surface area (Å²) in [6.45, 7) is 1.24. The van der Waals surface area contributed by atoms with Gasteiger partial charge in [-0.15, -0.1) is 0 Å².